The van der Waals surface area contributed by atoms with Crippen LogP contribution >= 0.6 is 11.3 Å². The van der Waals surface area contributed by atoms with Crippen molar-refractivity contribution in [3.05, 3.63) is 40.3 Å². The van der Waals surface area contributed by atoms with Gasteiger partial charge in [0.2, 0.25) is 0 Å². The quantitative estimate of drug-likeness (QED) is 0.861. The standard InChI is InChI=1S/C21H23NO4S/c1-21(2)11-15-17(13-4-3-5-14(10-13)20(24)25)19(22-6-8-26-9-7-22)27-18(15)16(23)12-21/h3-5,10H,6-9,11-12H2,1-2H3,(H,24,25). The number of rotatable bonds is 3. The minimum absolute atomic E-state index is 0.0907. The van der Waals surface area contributed by atoms with Crippen molar-refractivity contribution in [1.82, 2.24) is 0 Å². The molecule has 0 bridgehead atoms. The molecule has 0 spiro atoms. The highest BCUT2D eigenvalue weighted by atomic mass is 32.1. The number of morpholine rings is 1. The Hall–Kier alpha value is -2.18. The number of carbonyl (C=O) groups excluding carboxylic acids is 1. The summed E-state index contributed by atoms with van der Waals surface area (Å²) < 4.78 is 5.49. The predicted octanol–water partition coefficient (Wildman–Crippen LogP) is 4.11. The Bertz CT molecular complexity index is 909. The first-order valence-corrected chi connectivity index (χ1v) is 10.0. The Morgan fingerprint density at radius 1 is 1.22 bits per heavy atom. The summed E-state index contributed by atoms with van der Waals surface area (Å²) in [6.45, 7) is 7.13. The fraction of sp³-hybridized carbons (Fsp3) is 0.429. The zero-order valence-electron chi connectivity index (χ0n) is 15.6. The molecule has 5 nitrogen and oxygen atoms in total. The smallest absolute Gasteiger partial charge is 0.335 e. The second kappa shape index (κ2) is 6.77. The first-order chi connectivity index (χ1) is 12.9. The Morgan fingerprint density at radius 2 is 1.96 bits per heavy atom. The second-order valence-corrected chi connectivity index (χ2v) is 9.02. The van der Waals surface area contributed by atoms with Crippen LogP contribution in [0.4, 0.5) is 5.00 Å². The van der Waals surface area contributed by atoms with E-state index >= 15 is 0 Å². The van der Waals surface area contributed by atoms with Crippen molar-refractivity contribution >= 4 is 28.1 Å². The first kappa shape index (κ1) is 18.2. The minimum atomic E-state index is -0.940. The van der Waals surface area contributed by atoms with Gasteiger partial charge in [-0.2, -0.15) is 0 Å². The Labute approximate surface area is 162 Å². The maximum Gasteiger partial charge on any atom is 0.335 e. The first-order valence-electron chi connectivity index (χ1n) is 9.21. The molecule has 2 heterocycles. The molecule has 4 rings (SSSR count). The normalized spacial score (nSPS) is 19.0. The number of hydrogen-bond donors (Lipinski definition) is 1. The van der Waals surface area contributed by atoms with Gasteiger partial charge in [0, 0.05) is 25.1 Å². The lowest BCUT2D eigenvalue weighted by molar-refractivity contribution is 0.0696. The number of hydrogen-bond acceptors (Lipinski definition) is 5. The molecule has 0 atom stereocenters. The van der Waals surface area contributed by atoms with E-state index in [1.165, 1.54) is 0 Å². The van der Waals surface area contributed by atoms with Gasteiger partial charge in [0.1, 0.15) is 0 Å². The third kappa shape index (κ3) is 3.39. The highest BCUT2D eigenvalue weighted by Crippen LogP contribution is 2.49. The molecule has 1 aromatic carbocycles. The number of aromatic carboxylic acids is 1. The Balaban J connectivity index is 1.91. The monoisotopic (exact) mass is 385 g/mol. The van der Waals surface area contributed by atoms with Crippen LogP contribution in [0.25, 0.3) is 11.1 Å². The summed E-state index contributed by atoms with van der Waals surface area (Å²) in [5.74, 6) is -0.744. The molecule has 0 saturated carbocycles. The molecular formula is C21H23NO4S. The van der Waals surface area contributed by atoms with Crippen molar-refractivity contribution in [2.75, 3.05) is 31.2 Å². The van der Waals surface area contributed by atoms with Crippen LogP contribution in [0.1, 0.15) is 45.9 Å². The summed E-state index contributed by atoms with van der Waals surface area (Å²) in [6, 6.07) is 7.06. The van der Waals surface area contributed by atoms with Crippen LogP contribution in [0.15, 0.2) is 24.3 Å². The van der Waals surface area contributed by atoms with Gasteiger partial charge in [-0.3, -0.25) is 4.79 Å². The van der Waals surface area contributed by atoms with E-state index in [4.69, 9.17) is 4.74 Å². The van der Waals surface area contributed by atoms with E-state index in [2.05, 4.69) is 18.7 Å². The van der Waals surface area contributed by atoms with Gasteiger partial charge in [-0.05, 0) is 35.1 Å². The number of benzene rings is 1. The lowest BCUT2D eigenvalue weighted by Gasteiger charge is -2.30. The van der Waals surface area contributed by atoms with E-state index in [1.807, 2.05) is 6.07 Å². The van der Waals surface area contributed by atoms with E-state index < -0.39 is 5.97 Å². The van der Waals surface area contributed by atoms with E-state index in [-0.39, 0.29) is 16.8 Å². The molecule has 142 valence electrons. The van der Waals surface area contributed by atoms with E-state index in [0.717, 1.165) is 46.1 Å². The molecular weight excluding hydrogens is 362 g/mol. The lowest BCUT2D eigenvalue weighted by atomic mass is 9.75. The molecule has 27 heavy (non-hydrogen) atoms. The van der Waals surface area contributed by atoms with Crippen molar-refractivity contribution in [3.8, 4) is 11.1 Å². The van der Waals surface area contributed by atoms with Crippen molar-refractivity contribution in [2.45, 2.75) is 26.7 Å². The number of nitrogens with zero attached hydrogens (tertiary/aromatic N) is 1. The van der Waals surface area contributed by atoms with Crippen LogP contribution in [-0.2, 0) is 11.2 Å². The minimum Gasteiger partial charge on any atom is -0.478 e. The molecule has 0 amide bonds. The zero-order valence-corrected chi connectivity index (χ0v) is 16.4. The van der Waals surface area contributed by atoms with E-state index in [1.54, 1.807) is 29.5 Å². The van der Waals surface area contributed by atoms with Crippen LogP contribution in [0.5, 0.6) is 0 Å². The van der Waals surface area contributed by atoms with Gasteiger partial charge in [0.25, 0.3) is 0 Å². The number of Topliss-reactive ketones (excluding diaryl/α,β-unsaturated/α-hetero) is 1. The van der Waals surface area contributed by atoms with Gasteiger partial charge < -0.3 is 14.7 Å². The maximum atomic E-state index is 12.8. The fourth-order valence-electron chi connectivity index (χ4n) is 4.00. The van der Waals surface area contributed by atoms with E-state index in [0.29, 0.717) is 19.6 Å². The third-order valence-electron chi connectivity index (χ3n) is 5.23. The third-order valence-corrected chi connectivity index (χ3v) is 6.57. The molecule has 1 fully saturated rings. The van der Waals surface area contributed by atoms with Crippen molar-refractivity contribution in [2.24, 2.45) is 5.41 Å². The largest absolute Gasteiger partial charge is 0.478 e. The van der Waals surface area contributed by atoms with Gasteiger partial charge in [-0.1, -0.05) is 26.0 Å². The van der Waals surface area contributed by atoms with Gasteiger partial charge in [-0.25, -0.2) is 4.79 Å². The van der Waals surface area contributed by atoms with E-state index in [9.17, 15) is 14.7 Å². The lowest BCUT2D eigenvalue weighted by Crippen LogP contribution is -2.36. The summed E-state index contributed by atoms with van der Waals surface area (Å²) in [7, 11) is 0. The van der Waals surface area contributed by atoms with Gasteiger partial charge in [0.05, 0.1) is 28.7 Å². The number of ether oxygens (including phenoxy) is 1. The predicted molar refractivity (Wildman–Crippen MR) is 106 cm³/mol. The molecule has 1 aliphatic carbocycles. The van der Waals surface area contributed by atoms with Crippen LogP contribution in [0.3, 0.4) is 0 Å². The molecule has 2 aromatic rings. The average Bonchev–Trinajstić information content (AvgIpc) is 3.01. The summed E-state index contributed by atoms with van der Waals surface area (Å²) in [6.07, 6.45) is 1.37. The number of anilines is 1. The van der Waals surface area contributed by atoms with Gasteiger partial charge in [-0.15, -0.1) is 11.3 Å². The zero-order chi connectivity index (χ0) is 19.2. The number of carboxylic acid groups (broad SMARTS) is 1. The molecule has 2 aliphatic rings. The Kier molecular flexibility index (Phi) is 4.56. The summed E-state index contributed by atoms with van der Waals surface area (Å²) in [5.41, 5.74) is 3.15. The Morgan fingerprint density at radius 3 is 2.67 bits per heavy atom. The number of thiophene rings is 1. The molecule has 1 saturated heterocycles. The second-order valence-electron chi connectivity index (χ2n) is 8.02. The van der Waals surface area contributed by atoms with Crippen LogP contribution in [0, 0.1) is 5.41 Å². The molecule has 0 unspecified atom stereocenters. The van der Waals surface area contributed by atoms with Crippen molar-refractivity contribution in [1.29, 1.82) is 0 Å². The molecule has 1 aromatic heterocycles. The number of ketones is 1. The van der Waals surface area contributed by atoms with Gasteiger partial charge in [0.15, 0.2) is 5.78 Å². The maximum absolute atomic E-state index is 12.8. The summed E-state index contributed by atoms with van der Waals surface area (Å²) >= 11 is 1.56. The SMILES string of the molecule is CC1(C)CC(=O)c2sc(N3CCOCC3)c(-c3cccc(C(=O)O)c3)c2C1. The number of fused-ring (bicyclic) bond motifs is 1. The summed E-state index contributed by atoms with van der Waals surface area (Å²) in [5, 5.41) is 10.5. The highest BCUT2D eigenvalue weighted by Gasteiger charge is 2.37. The van der Waals surface area contributed by atoms with Crippen LogP contribution in [0.2, 0.25) is 0 Å². The van der Waals surface area contributed by atoms with Crippen LogP contribution in [-0.4, -0.2) is 43.2 Å². The van der Waals surface area contributed by atoms with Gasteiger partial charge >= 0.3 is 5.97 Å². The summed E-state index contributed by atoms with van der Waals surface area (Å²) in [4.78, 5) is 27.4. The topological polar surface area (TPSA) is 66.8 Å². The molecule has 6 heteroatoms. The van der Waals surface area contributed by atoms with Crippen molar-refractivity contribution in [3.63, 3.8) is 0 Å². The number of carbonyl (C=O) groups is 2. The molecule has 0 radical (unpaired) electrons. The molecule has 1 aliphatic heterocycles. The fourth-order valence-corrected chi connectivity index (χ4v) is 5.33. The average molecular weight is 385 g/mol. The van der Waals surface area contributed by atoms with Crippen LogP contribution < -0.4 is 4.90 Å². The number of carboxylic acids is 1. The highest BCUT2D eigenvalue weighted by molar-refractivity contribution is 7.19. The molecule has 1 N–H and O–H groups in total. The van der Waals surface area contributed by atoms with Crippen molar-refractivity contribution < 1.29 is 19.4 Å².